The Kier molecular flexibility index (Phi) is 5.07. The first-order valence-corrected chi connectivity index (χ1v) is 7.39. The van der Waals surface area contributed by atoms with Crippen molar-refractivity contribution in [3.05, 3.63) is 18.2 Å². The Balaban J connectivity index is 2.21. The van der Waals surface area contributed by atoms with Gasteiger partial charge in [-0.15, -0.1) is 0 Å². The van der Waals surface area contributed by atoms with Crippen LogP contribution < -0.4 is 20.1 Å². The Hall–Kier alpha value is -1.75. The van der Waals surface area contributed by atoms with Crippen LogP contribution in [0.5, 0.6) is 11.5 Å². The molecule has 2 rings (SSSR count). The van der Waals surface area contributed by atoms with Crippen molar-refractivity contribution in [1.29, 1.82) is 0 Å². The number of anilines is 1. The van der Waals surface area contributed by atoms with E-state index in [4.69, 9.17) is 9.47 Å². The minimum Gasteiger partial charge on any atom is -0.497 e. The first-order chi connectivity index (χ1) is 10.1. The second-order valence-corrected chi connectivity index (χ2v) is 5.48. The molecule has 1 aliphatic heterocycles. The van der Waals surface area contributed by atoms with Gasteiger partial charge < -0.3 is 20.1 Å². The Morgan fingerprint density at radius 3 is 2.76 bits per heavy atom. The van der Waals surface area contributed by atoms with Crippen molar-refractivity contribution in [3.8, 4) is 11.5 Å². The lowest BCUT2D eigenvalue weighted by molar-refractivity contribution is -0.125. The summed E-state index contributed by atoms with van der Waals surface area (Å²) in [6, 6.07) is 5.40. The third kappa shape index (κ3) is 3.29. The fraction of sp³-hybridized carbons (Fsp3) is 0.562. The van der Waals surface area contributed by atoms with Gasteiger partial charge in [-0.2, -0.15) is 0 Å². The average molecular weight is 292 g/mol. The van der Waals surface area contributed by atoms with Crippen molar-refractivity contribution >= 4 is 11.6 Å². The van der Waals surface area contributed by atoms with Crippen molar-refractivity contribution in [3.63, 3.8) is 0 Å². The fourth-order valence-corrected chi connectivity index (χ4v) is 2.91. The van der Waals surface area contributed by atoms with Gasteiger partial charge in [0, 0.05) is 12.6 Å². The minimum atomic E-state index is -0.317. The van der Waals surface area contributed by atoms with Crippen LogP contribution in [0.2, 0.25) is 0 Å². The first kappa shape index (κ1) is 15.6. The van der Waals surface area contributed by atoms with Crippen LogP contribution in [0.4, 0.5) is 5.69 Å². The standard InChI is InChI=1S/C16H24N2O3/c1-4-7-16(8-9-17-11-16)15(19)18-13-10-12(20-2)5-6-14(13)21-3/h5-6,10,17H,4,7-9,11H2,1-3H3,(H,18,19). The highest BCUT2D eigenvalue weighted by Crippen LogP contribution is 2.35. The molecule has 2 N–H and O–H groups in total. The van der Waals surface area contributed by atoms with Crippen molar-refractivity contribution in [1.82, 2.24) is 5.32 Å². The number of amides is 1. The Morgan fingerprint density at radius 2 is 2.19 bits per heavy atom. The van der Waals surface area contributed by atoms with E-state index in [-0.39, 0.29) is 11.3 Å². The van der Waals surface area contributed by atoms with Crippen LogP contribution in [0.3, 0.4) is 0 Å². The third-order valence-electron chi connectivity index (χ3n) is 4.11. The smallest absolute Gasteiger partial charge is 0.232 e. The monoisotopic (exact) mass is 292 g/mol. The van der Waals surface area contributed by atoms with E-state index in [0.717, 1.165) is 32.4 Å². The second kappa shape index (κ2) is 6.80. The van der Waals surface area contributed by atoms with Crippen LogP contribution in [-0.4, -0.2) is 33.2 Å². The fourth-order valence-electron chi connectivity index (χ4n) is 2.91. The molecule has 5 heteroatoms. The number of nitrogens with one attached hydrogen (secondary N) is 2. The van der Waals surface area contributed by atoms with Crippen LogP contribution in [0, 0.1) is 5.41 Å². The van der Waals surface area contributed by atoms with Crippen LogP contribution in [-0.2, 0) is 4.79 Å². The summed E-state index contributed by atoms with van der Waals surface area (Å²) in [6.45, 7) is 3.74. The Labute approximate surface area is 126 Å². The summed E-state index contributed by atoms with van der Waals surface area (Å²) in [5.41, 5.74) is 0.340. The lowest BCUT2D eigenvalue weighted by Gasteiger charge is -2.27. The van der Waals surface area contributed by atoms with Crippen molar-refractivity contribution in [2.24, 2.45) is 5.41 Å². The van der Waals surface area contributed by atoms with E-state index in [9.17, 15) is 4.79 Å². The van der Waals surface area contributed by atoms with Gasteiger partial charge in [0.2, 0.25) is 5.91 Å². The van der Waals surface area contributed by atoms with Gasteiger partial charge in [-0.3, -0.25) is 4.79 Å². The number of methoxy groups -OCH3 is 2. The minimum absolute atomic E-state index is 0.0564. The molecule has 1 aromatic rings. The molecule has 1 aromatic carbocycles. The highest BCUT2D eigenvalue weighted by Gasteiger charge is 2.40. The van der Waals surface area contributed by atoms with Crippen LogP contribution >= 0.6 is 0 Å². The van der Waals surface area contributed by atoms with Crippen molar-refractivity contribution in [2.45, 2.75) is 26.2 Å². The number of hydrogen-bond acceptors (Lipinski definition) is 4. The van der Waals surface area contributed by atoms with Crippen molar-refractivity contribution in [2.75, 3.05) is 32.6 Å². The molecule has 5 nitrogen and oxygen atoms in total. The van der Waals surface area contributed by atoms with Gasteiger partial charge in [0.15, 0.2) is 0 Å². The molecular formula is C16H24N2O3. The predicted octanol–water partition coefficient (Wildman–Crippen LogP) is 2.42. The van der Waals surface area contributed by atoms with E-state index in [1.165, 1.54) is 0 Å². The zero-order valence-electron chi connectivity index (χ0n) is 13.0. The van der Waals surface area contributed by atoms with Gasteiger partial charge in [0.05, 0.1) is 25.3 Å². The molecule has 1 aliphatic rings. The van der Waals surface area contributed by atoms with Crippen LogP contribution in [0.1, 0.15) is 26.2 Å². The van der Waals surface area contributed by atoms with Gasteiger partial charge in [-0.05, 0) is 31.5 Å². The zero-order chi connectivity index (χ0) is 15.3. The number of hydrogen-bond donors (Lipinski definition) is 2. The molecule has 1 fully saturated rings. The lowest BCUT2D eigenvalue weighted by atomic mass is 9.81. The second-order valence-electron chi connectivity index (χ2n) is 5.48. The normalized spacial score (nSPS) is 21.1. The molecule has 1 unspecified atom stereocenters. The van der Waals surface area contributed by atoms with Gasteiger partial charge in [-0.1, -0.05) is 13.3 Å². The van der Waals surface area contributed by atoms with E-state index >= 15 is 0 Å². The maximum Gasteiger partial charge on any atom is 0.232 e. The van der Waals surface area contributed by atoms with Crippen LogP contribution in [0.15, 0.2) is 18.2 Å². The highest BCUT2D eigenvalue weighted by molar-refractivity contribution is 5.97. The number of rotatable bonds is 6. The quantitative estimate of drug-likeness (QED) is 0.845. The summed E-state index contributed by atoms with van der Waals surface area (Å²) < 4.78 is 10.5. The number of ether oxygens (including phenoxy) is 2. The molecule has 1 saturated heterocycles. The molecule has 0 aromatic heterocycles. The topological polar surface area (TPSA) is 59.6 Å². The largest absolute Gasteiger partial charge is 0.497 e. The SMILES string of the molecule is CCCC1(C(=O)Nc2cc(OC)ccc2OC)CCNC1. The number of carbonyl (C=O) groups is 1. The molecule has 1 amide bonds. The van der Waals surface area contributed by atoms with Crippen LogP contribution in [0.25, 0.3) is 0 Å². The first-order valence-electron chi connectivity index (χ1n) is 7.39. The molecule has 0 radical (unpaired) electrons. The summed E-state index contributed by atoms with van der Waals surface area (Å²) in [5, 5.41) is 6.32. The van der Waals surface area contributed by atoms with Gasteiger partial charge in [0.25, 0.3) is 0 Å². The molecule has 21 heavy (non-hydrogen) atoms. The number of benzene rings is 1. The number of carbonyl (C=O) groups excluding carboxylic acids is 1. The van der Waals surface area contributed by atoms with E-state index < -0.39 is 0 Å². The molecule has 1 heterocycles. The van der Waals surface area contributed by atoms with E-state index in [2.05, 4.69) is 17.6 Å². The maximum atomic E-state index is 12.7. The molecule has 0 saturated carbocycles. The summed E-state index contributed by atoms with van der Waals surface area (Å²) >= 11 is 0. The Morgan fingerprint density at radius 1 is 1.38 bits per heavy atom. The van der Waals surface area contributed by atoms with Gasteiger partial charge in [-0.25, -0.2) is 0 Å². The maximum absolute atomic E-state index is 12.7. The summed E-state index contributed by atoms with van der Waals surface area (Å²) in [6.07, 6.45) is 2.75. The summed E-state index contributed by atoms with van der Waals surface area (Å²) in [4.78, 5) is 12.7. The average Bonchev–Trinajstić information content (AvgIpc) is 2.97. The predicted molar refractivity (Wildman–Crippen MR) is 83.0 cm³/mol. The lowest BCUT2D eigenvalue weighted by Crippen LogP contribution is -2.38. The Bertz CT molecular complexity index is 496. The zero-order valence-corrected chi connectivity index (χ0v) is 13.0. The van der Waals surface area contributed by atoms with Gasteiger partial charge in [0.1, 0.15) is 11.5 Å². The molecule has 0 spiro atoms. The molecule has 1 atom stereocenters. The third-order valence-corrected chi connectivity index (χ3v) is 4.11. The molecule has 0 bridgehead atoms. The van der Waals surface area contributed by atoms with E-state index in [0.29, 0.717) is 17.2 Å². The molecule has 0 aliphatic carbocycles. The summed E-state index contributed by atoms with van der Waals surface area (Å²) in [5.74, 6) is 1.39. The van der Waals surface area contributed by atoms with E-state index in [1.54, 1.807) is 26.4 Å². The summed E-state index contributed by atoms with van der Waals surface area (Å²) in [7, 11) is 3.20. The van der Waals surface area contributed by atoms with E-state index in [1.807, 2.05) is 6.07 Å². The van der Waals surface area contributed by atoms with Crippen molar-refractivity contribution < 1.29 is 14.3 Å². The molecule has 116 valence electrons. The van der Waals surface area contributed by atoms with Gasteiger partial charge >= 0.3 is 0 Å². The molecular weight excluding hydrogens is 268 g/mol. The highest BCUT2D eigenvalue weighted by atomic mass is 16.5.